The maximum absolute atomic E-state index is 13.8. The Morgan fingerprint density at radius 3 is 2.23 bits per heavy atom. The number of carbonyl (C=O) groups excluding carboxylic acids is 1. The van der Waals surface area contributed by atoms with E-state index in [1.165, 1.54) is 0 Å². The highest BCUT2D eigenvalue weighted by molar-refractivity contribution is 6.03. The average molecular weight is 436 g/mol. The third-order valence-electron chi connectivity index (χ3n) is 3.75. The molecule has 13 heteroatoms. The highest BCUT2D eigenvalue weighted by Crippen LogP contribution is 2.34. The number of hydrogen-bond donors (Lipinski definition) is 1. The van der Waals surface area contributed by atoms with Crippen LogP contribution in [0.3, 0.4) is 0 Å². The molecule has 5 nitrogen and oxygen atoms in total. The molecule has 0 aliphatic rings. The Kier molecular flexibility index (Phi) is 5.22. The first-order valence-corrected chi connectivity index (χ1v) is 7.85. The van der Waals surface area contributed by atoms with Gasteiger partial charge in [-0.1, -0.05) is 11.3 Å². The second-order valence-electron chi connectivity index (χ2n) is 5.82. The van der Waals surface area contributed by atoms with Gasteiger partial charge < -0.3 is 5.32 Å². The van der Waals surface area contributed by atoms with Gasteiger partial charge in [0.15, 0.2) is 11.4 Å². The van der Waals surface area contributed by atoms with Crippen LogP contribution in [0.5, 0.6) is 0 Å². The van der Waals surface area contributed by atoms with Crippen molar-refractivity contribution in [3.05, 3.63) is 71.1 Å². The van der Waals surface area contributed by atoms with E-state index in [1.54, 1.807) is 5.32 Å². The summed E-state index contributed by atoms with van der Waals surface area (Å²) >= 11 is 0. The second-order valence-corrected chi connectivity index (χ2v) is 5.82. The predicted octanol–water partition coefficient (Wildman–Crippen LogP) is 4.84. The highest BCUT2D eigenvalue weighted by atomic mass is 19.4. The molecule has 158 valence electrons. The number of anilines is 1. The van der Waals surface area contributed by atoms with E-state index >= 15 is 0 Å². The van der Waals surface area contributed by atoms with Crippen molar-refractivity contribution in [2.75, 3.05) is 5.32 Å². The van der Waals surface area contributed by atoms with Crippen molar-refractivity contribution >= 4 is 11.6 Å². The van der Waals surface area contributed by atoms with Crippen LogP contribution in [0.25, 0.3) is 5.69 Å². The van der Waals surface area contributed by atoms with Gasteiger partial charge in [0.05, 0.1) is 16.9 Å². The standard InChI is InChI=1S/C17H8F8N4O/c18-9-2-1-3-10(7-9)29-14(17(23,24)25)13(27-28-29)15(30)26-12-6-8(16(20,21)22)4-5-11(12)19/h1-7H,(H,26,30). The van der Waals surface area contributed by atoms with Crippen molar-refractivity contribution in [3.63, 3.8) is 0 Å². The van der Waals surface area contributed by atoms with Crippen LogP contribution >= 0.6 is 0 Å². The summed E-state index contributed by atoms with van der Waals surface area (Å²) in [5.74, 6) is -3.88. The summed E-state index contributed by atoms with van der Waals surface area (Å²) in [7, 11) is 0. The Balaban J connectivity index is 2.04. The first-order valence-electron chi connectivity index (χ1n) is 7.85. The minimum absolute atomic E-state index is 0.139. The molecule has 3 rings (SSSR count). The molecule has 1 heterocycles. The van der Waals surface area contributed by atoms with Crippen molar-refractivity contribution in [3.8, 4) is 5.69 Å². The molecule has 0 aliphatic carbocycles. The zero-order chi connectivity index (χ0) is 22.3. The fourth-order valence-corrected chi connectivity index (χ4v) is 2.46. The quantitative estimate of drug-likeness (QED) is 0.599. The Morgan fingerprint density at radius 1 is 0.933 bits per heavy atom. The van der Waals surface area contributed by atoms with Crippen LogP contribution in [0.4, 0.5) is 40.8 Å². The lowest BCUT2D eigenvalue weighted by atomic mass is 10.1. The number of rotatable bonds is 3. The SMILES string of the molecule is O=C(Nc1cc(C(F)(F)F)ccc1F)c1nnn(-c2cccc(F)c2)c1C(F)(F)F. The molecule has 0 unspecified atom stereocenters. The number of nitrogens with zero attached hydrogens (tertiary/aromatic N) is 3. The van der Waals surface area contributed by atoms with Gasteiger partial charge in [-0.3, -0.25) is 4.79 Å². The van der Waals surface area contributed by atoms with Crippen molar-refractivity contribution in [1.29, 1.82) is 0 Å². The first kappa shape index (κ1) is 21.2. The van der Waals surface area contributed by atoms with Gasteiger partial charge in [-0.15, -0.1) is 5.10 Å². The lowest BCUT2D eigenvalue weighted by Gasteiger charge is -2.12. The van der Waals surface area contributed by atoms with Gasteiger partial charge in [0.1, 0.15) is 11.6 Å². The lowest BCUT2D eigenvalue weighted by Crippen LogP contribution is -2.22. The largest absolute Gasteiger partial charge is 0.435 e. The van der Waals surface area contributed by atoms with Crippen molar-refractivity contribution in [2.45, 2.75) is 12.4 Å². The molecule has 1 amide bonds. The molecule has 0 radical (unpaired) electrons. The number of amides is 1. The second kappa shape index (κ2) is 7.39. The molecule has 0 aliphatic heterocycles. The van der Waals surface area contributed by atoms with Crippen LogP contribution in [0.2, 0.25) is 0 Å². The maximum Gasteiger partial charge on any atom is 0.435 e. The van der Waals surface area contributed by atoms with Crippen molar-refractivity contribution in [2.24, 2.45) is 0 Å². The summed E-state index contributed by atoms with van der Waals surface area (Å²) in [6.45, 7) is 0. The number of halogens is 8. The molecule has 0 fully saturated rings. The van der Waals surface area contributed by atoms with Gasteiger partial charge in [0.2, 0.25) is 0 Å². The molecular weight excluding hydrogens is 428 g/mol. The number of aromatic nitrogens is 3. The van der Waals surface area contributed by atoms with E-state index in [0.717, 1.165) is 18.2 Å². The Hall–Kier alpha value is -3.51. The van der Waals surface area contributed by atoms with Gasteiger partial charge in [-0.05, 0) is 36.4 Å². The summed E-state index contributed by atoms with van der Waals surface area (Å²) in [4.78, 5) is 12.3. The monoisotopic (exact) mass is 436 g/mol. The minimum Gasteiger partial charge on any atom is -0.318 e. The molecule has 0 atom stereocenters. The molecule has 1 aromatic heterocycles. The van der Waals surface area contributed by atoms with E-state index in [-0.39, 0.29) is 10.7 Å². The van der Waals surface area contributed by atoms with E-state index in [0.29, 0.717) is 18.2 Å². The van der Waals surface area contributed by atoms with E-state index in [1.807, 2.05) is 0 Å². The minimum atomic E-state index is -5.21. The Bertz CT molecular complexity index is 1100. The summed E-state index contributed by atoms with van der Waals surface area (Å²) in [5, 5.41) is 7.90. The van der Waals surface area contributed by atoms with Crippen LogP contribution in [-0.2, 0) is 12.4 Å². The van der Waals surface area contributed by atoms with Crippen molar-refractivity contribution < 1.29 is 39.9 Å². The van der Waals surface area contributed by atoms with Crippen LogP contribution in [-0.4, -0.2) is 20.9 Å². The van der Waals surface area contributed by atoms with Crippen LogP contribution in [0.15, 0.2) is 42.5 Å². The summed E-state index contributed by atoms with van der Waals surface area (Å²) in [5.41, 5.74) is -5.83. The first-order chi connectivity index (χ1) is 13.9. The molecule has 3 aromatic rings. The van der Waals surface area contributed by atoms with Gasteiger partial charge in [0, 0.05) is 0 Å². The zero-order valence-electron chi connectivity index (χ0n) is 14.3. The lowest BCUT2D eigenvalue weighted by molar-refractivity contribution is -0.143. The van der Waals surface area contributed by atoms with E-state index < -0.39 is 58.2 Å². The number of alkyl halides is 6. The Labute approximate surface area is 161 Å². The van der Waals surface area contributed by atoms with E-state index in [2.05, 4.69) is 10.3 Å². The van der Waals surface area contributed by atoms with Crippen molar-refractivity contribution in [1.82, 2.24) is 15.0 Å². The summed E-state index contributed by atoms with van der Waals surface area (Å²) in [6.07, 6.45) is -10.1. The molecule has 0 spiro atoms. The maximum atomic E-state index is 13.8. The van der Waals surface area contributed by atoms with Crippen LogP contribution in [0.1, 0.15) is 21.7 Å². The topological polar surface area (TPSA) is 59.8 Å². The molecule has 0 bridgehead atoms. The highest BCUT2D eigenvalue weighted by Gasteiger charge is 2.42. The van der Waals surface area contributed by atoms with Crippen LogP contribution in [0, 0.1) is 11.6 Å². The zero-order valence-corrected chi connectivity index (χ0v) is 14.3. The van der Waals surface area contributed by atoms with E-state index in [4.69, 9.17) is 0 Å². The third kappa shape index (κ3) is 4.23. The number of nitrogens with one attached hydrogen (secondary N) is 1. The summed E-state index contributed by atoms with van der Waals surface area (Å²) in [6, 6.07) is 4.80. The molecule has 30 heavy (non-hydrogen) atoms. The fourth-order valence-electron chi connectivity index (χ4n) is 2.46. The fraction of sp³-hybridized carbons (Fsp3) is 0.118. The molecular formula is C17H8F8N4O. The normalized spacial score (nSPS) is 12.1. The Morgan fingerprint density at radius 2 is 1.63 bits per heavy atom. The van der Waals surface area contributed by atoms with Gasteiger partial charge >= 0.3 is 12.4 Å². The van der Waals surface area contributed by atoms with Gasteiger partial charge in [0.25, 0.3) is 5.91 Å². The number of carbonyl (C=O) groups is 1. The molecule has 0 saturated carbocycles. The molecule has 2 aromatic carbocycles. The average Bonchev–Trinajstić information content (AvgIpc) is 3.08. The van der Waals surface area contributed by atoms with Gasteiger partial charge in [-0.25, -0.2) is 13.5 Å². The molecule has 1 N–H and O–H groups in total. The predicted molar refractivity (Wildman–Crippen MR) is 85.7 cm³/mol. The van der Waals surface area contributed by atoms with Gasteiger partial charge in [-0.2, -0.15) is 26.3 Å². The van der Waals surface area contributed by atoms with Crippen LogP contribution < -0.4 is 5.32 Å². The van der Waals surface area contributed by atoms with E-state index in [9.17, 15) is 39.9 Å². The smallest absolute Gasteiger partial charge is 0.318 e. The number of hydrogen-bond acceptors (Lipinski definition) is 3. The summed E-state index contributed by atoms with van der Waals surface area (Å²) < 4.78 is 106. The molecule has 0 saturated heterocycles. The third-order valence-corrected chi connectivity index (χ3v) is 3.75. The number of benzene rings is 2.